The summed E-state index contributed by atoms with van der Waals surface area (Å²) in [6.07, 6.45) is -3.64. The molecule has 0 amide bonds. The molecule has 0 N–H and O–H groups in total. The van der Waals surface area contributed by atoms with Crippen LogP contribution in [0.1, 0.15) is 31.2 Å². The number of aryl methyl sites for hydroxylation is 1. The quantitative estimate of drug-likeness (QED) is 0.400. The van der Waals surface area contributed by atoms with Crippen LogP contribution < -0.4 is 0 Å². The van der Waals surface area contributed by atoms with Crippen LogP contribution in [0.2, 0.25) is 5.15 Å². The molecule has 0 bridgehead atoms. The fraction of sp³-hybridized carbons (Fsp3) is 0.364. The van der Waals surface area contributed by atoms with Gasteiger partial charge in [0, 0.05) is 24.6 Å². The fourth-order valence-corrected chi connectivity index (χ4v) is 6.10. The number of nitrogens with zero attached hydrogens (tertiary/aromatic N) is 5. The average molecular weight is 564 g/mol. The molecule has 15 heteroatoms. The molecule has 0 aliphatic carbocycles. The third-order valence-electron chi connectivity index (χ3n) is 5.98. The Balaban J connectivity index is 1.50. The van der Waals surface area contributed by atoms with Gasteiger partial charge in [-0.25, -0.2) is 31.8 Å². The van der Waals surface area contributed by atoms with Gasteiger partial charge in [0.15, 0.2) is 10.9 Å². The number of rotatable bonds is 7. The number of halogens is 6. The lowest BCUT2D eigenvalue weighted by Gasteiger charge is -2.26. The van der Waals surface area contributed by atoms with Gasteiger partial charge < -0.3 is 0 Å². The van der Waals surface area contributed by atoms with Gasteiger partial charge in [0.2, 0.25) is 15.8 Å². The summed E-state index contributed by atoms with van der Waals surface area (Å²) in [4.78, 5) is 19.3. The van der Waals surface area contributed by atoms with Gasteiger partial charge in [0.25, 0.3) is 0 Å². The molecule has 1 fully saturated rings. The molecule has 2 aromatic heterocycles. The molecule has 198 valence electrons. The maximum atomic E-state index is 14.6. The maximum Gasteiger partial charge on any atom is 0.451 e. The number of alkyl halides is 4. The summed E-state index contributed by atoms with van der Waals surface area (Å²) >= 11 is 6.12. The highest BCUT2D eigenvalue weighted by atomic mass is 35.5. The van der Waals surface area contributed by atoms with Gasteiger partial charge in [0.05, 0.1) is 29.4 Å². The first-order valence-corrected chi connectivity index (χ1v) is 12.7. The van der Waals surface area contributed by atoms with Crippen molar-refractivity contribution in [2.24, 2.45) is 0 Å². The topological polar surface area (TPSA) is 98.1 Å². The predicted octanol–water partition coefficient (Wildman–Crippen LogP) is 4.17. The maximum absolute atomic E-state index is 14.6. The van der Waals surface area contributed by atoms with Gasteiger partial charge in [-0.15, -0.1) is 0 Å². The molecular formula is C22H19ClF5N5O3S. The normalized spacial score (nSPS) is 20.9. The van der Waals surface area contributed by atoms with Crippen molar-refractivity contribution in [3.63, 3.8) is 0 Å². The zero-order valence-electron chi connectivity index (χ0n) is 19.0. The van der Waals surface area contributed by atoms with Gasteiger partial charge >= 0.3 is 6.18 Å². The number of benzene rings is 1. The van der Waals surface area contributed by atoms with E-state index < -0.39 is 51.9 Å². The Morgan fingerprint density at radius 2 is 1.78 bits per heavy atom. The van der Waals surface area contributed by atoms with Crippen LogP contribution in [0.25, 0.3) is 5.69 Å². The van der Waals surface area contributed by atoms with Crippen molar-refractivity contribution in [1.29, 1.82) is 0 Å². The summed E-state index contributed by atoms with van der Waals surface area (Å²) in [7, 11) is -4.30. The van der Waals surface area contributed by atoms with Crippen LogP contribution in [0.3, 0.4) is 0 Å². The zero-order chi connectivity index (χ0) is 27.1. The second-order valence-corrected chi connectivity index (χ2v) is 10.6. The van der Waals surface area contributed by atoms with Gasteiger partial charge in [-0.05, 0) is 37.6 Å². The third-order valence-corrected chi connectivity index (χ3v) is 8.31. The second-order valence-electron chi connectivity index (χ2n) is 8.42. The van der Waals surface area contributed by atoms with E-state index in [0.29, 0.717) is 5.56 Å². The van der Waals surface area contributed by atoms with Crippen molar-refractivity contribution in [1.82, 2.24) is 24.1 Å². The van der Waals surface area contributed by atoms with E-state index >= 15 is 0 Å². The van der Waals surface area contributed by atoms with E-state index in [2.05, 4.69) is 15.1 Å². The number of carbonyl (C=O) groups is 1. The Hall–Kier alpha value is -2.97. The van der Waals surface area contributed by atoms with Crippen molar-refractivity contribution >= 4 is 27.4 Å². The molecule has 1 aromatic carbocycles. The summed E-state index contributed by atoms with van der Waals surface area (Å²) in [5.41, 5.74) is 0.444. The van der Waals surface area contributed by atoms with E-state index in [4.69, 9.17) is 11.6 Å². The first-order valence-electron chi connectivity index (χ1n) is 10.9. The highest BCUT2D eigenvalue weighted by molar-refractivity contribution is 7.89. The number of ketones is 1. The van der Waals surface area contributed by atoms with Crippen molar-refractivity contribution in [2.75, 3.05) is 0 Å². The zero-order valence-corrected chi connectivity index (χ0v) is 20.6. The standard InChI is InChI=1S/C22H19ClF5N5O3S/c1-12-17(25)8-18(33(12)37(35,36)16-5-3-14(24)4-6-16)19(34)7-2-13-11-32(31-20(13)23)15-9-29-21(30-10-15)22(26,27)28/h3-6,9-12,17-18H,2,7-8H2,1H3/t12-,17+,18-/m0/s1. The van der Waals surface area contributed by atoms with Crippen molar-refractivity contribution in [3.8, 4) is 5.69 Å². The molecule has 1 saturated heterocycles. The SMILES string of the molecule is C[C@H]1[C@H](F)C[C@@H](C(=O)CCc2cn(-c3cnc(C(F)(F)F)nc3)nc2Cl)N1S(=O)(=O)c1ccc(F)cc1. The molecule has 37 heavy (non-hydrogen) atoms. The lowest BCUT2D eigenvalue weighted by Crippen LogP contribution is -2.44. The van der Waals surface area contributed by atoms with Gasteiger partial charge in [-0.1, -0.05) is 11.6 Å². The van der Waals surface area contributed by atoms with Gasteiger partial charge in [-0.2, -0.15) is 22.6 Å². The van der Waals surface area contributed by atoms with Crippen molar-refractivity contribution < 1.29 is 35.2 Å². The molecule has 3 atom stereocenters. The summed E-state index contributed by atoms with van der Waals surface area (Å²) in [5.74, 6) is -2.53. The highest BCUT2D eigenvalue weighted by Crippen LogP contribution is 2.34. The molecule has 1 aliphatic rings. The molecular weight excluding hydrogens is 545 g/mol. The van der Waals surface area contributed by atoms with Crippen LogP contribution >= 0.6 is 11.6 Å². The highest BCUT2D eigenvalue weighted by Gasteiger charge is 2.48. The van der Waals surface area contributed by atoms with E-state index in [1.807, 2.05) is 0 Å². The molecule has 3 heterocycles. The van der Waals surface area contributed by atoms with E-state index in [0.717, 1.165) is 45.6 Å². The van der Waals surface area contributed by atoms with Gasteiger partial charge in [-0.3, -0.25) is 4.79 Å². The second kappa shape index (κ2) is 10.1. The number of hydrogen-bond acceptors (Lipinski definition) is 6. The molecule has 8 nitrogen and oxygen atoms in total. The van der Waals surface area contributed by atoms with Crippen LogP contribution in [-0.4, -0.2) is 56.5 Å². The molecule has 0 saturated carbocycles. The monoisotopic (exact) mass is 563 g/mol. The minimum Gasteiger partial charge on any atom is -0.298 e. The average Bonchev–Trinajstić information content (AvgIpc) is 3.36. The Labute approximate surface area is 213 Å². The van der Waals surface area contributed by atoms with Crippen LogP contribution in [0.4, 0.5) is 22.0 Å². The number of aromatic nitrogens is 4. The summed E-state index contributed by atoms with van der Waals surface area (Å²) in [6.45, 7) is 1.35. The van der Waals surface area contributed by atoms with E-state index in [9.17, 15) is 35.2 Å². The Morgan fingerprint density at radius 1 is 1.16 bits per heavy atom. The Kier molecular flexibility index (Phi) is 7.36. The van der Waals surface area contributed by atoms with E-state index in [1.54, 1.807) is 0 Å². The molecule has 0 spiro atoms. The number of Topliss-reactive ketones (excluding diaryl/α,β-unsaturated/α-hetero) is 1. The van der Waals surface area contributed by atoms with E-state index in [1.165, 1.54) is 13.1 Å². The van der Waals surface area contributed by atoms with Crippen molar-refractivity contribution in [2.45, 2.75) is 55.5 Å². The van der Waals surface area contributed by atoms with E-state index in [-0.39, 0.29) is 35.0 Å². The fourth-order valence-electron chi connectivity index (χ4n) is 4.04. The number of carbonyl (C=O) groups excluding carboxylic acids is 1. The van der Waals surface area contributed by atoms with Crippen LogP contribution in [0, 0.1) is 5.82 Å². The smallest absolute Gasteiger partial charge is 0.298 e. The first kappa shape index (κ1) is 27.1. The summed E-state index contributed by atoms with van der Waals surface area (Å²) < 4.78 is 94.2. The third kappa shape index (κ3) is 5.50. The van der Waals surface area contributed by atoms with Crippen molar-refractivity contribution in [3.05, 3.63) is 65.2 Å². The predicted molar refractivity (Wildman–Crippen MR) is 121 cm³/mol. The number of hydrogen-bond donors (Lipinski definition) is 0. The summed E-state index contributed by atoms with van der Waals surface area (Å²) in [5, 5.41) is 3.95. The largest absolute Gasteiger partial charge is 0.451 e. The molecule has 1 aliphatic heterocycles. The lowest BCUT2D eigenvalue weighted by molar-refractivity contribution is -0.145. The summed E-state index contributed by atoms with van der Waals surface area (Å²) in [6, 6.07) is 1.61. The van der Waals surface area contributed by atoms with Crippen LogP contribution in [0.15, 0.2) is 47.8 Å². The molecule has 0 unspecified atom stereocenters. The molecule has 3 aromatic rings. The lowest BCUT2D eigenvalue weighted by atomic mass is 10.0. The Morgan fingerprint density at radius 3 is 2.38 bits per heavy atom. The Bertz CT molecular complexity index is 1400. The molecule has 0 radical (unpaired) electrons. The minimum atomic E-state index is -4.71. The van der Waals surface area contributed by atoms with Crippen LogP contribution in [-0.2, 0) is 27.4 Å². The molecule has 4 rings (SSSR count). The number of sulfonamides is 1. The minimum absolute atomic E-state index is 0.00538. The first-order chi connectivity index (χ1) is 17.3. The van der Waals surface area contributed by atoms with Gasteiger partial charge in [0.1, 0.15) is 17.7 Å². The van der Waals surface area contributed by atoms with Crippen LogP contribution in [0.5, 0.6) is 0 Å².